The Bertz CT molecular complexity index is 198. The predicted octanol–water partition coefficient (Wildman–Crippen LogP) is 0.500. The van der Waals surface area contributed by atoms with Gasteiger partial charge >= 0.3 is 0 Å². The van der Waals surface area contributed by atoms with Crippen molar-refractivity contribution in [2.45, 2.75) is 63.6 Å². The number of nitrogens with one attached hydrogen (secondary N) is 1. The SMILES string of the molecule is CC(N)CCC(=O)NC1CCC(N)CC1. The second kappa shape index (κ2) is 6.08. The Hall–Kier alpha value is -0.610. The van der Waals surface area contributed by atoms with Gasteiger partial charge in [-0.15, -0.1) is 0 Å². The van der Waals surface area contributed by atoms with E-state index < -0.39 is 0 Å². The van der Waals surface area contributed by atoms with E-state index in [1.807, 2.05) is 6.92 Å². The number of nitrogens with two attached hydrogens (primary N) is 2. The smallest absolute Gasteiger partial charge is 0.220 e. The van der Waals surface area contributed by atoms with Crippen molar-refractivity contribution in [2.75, 3.05) is 0 Å². The fourth-order valence-electron chi connectivity index (χ4n) is 1.92. The molecule has 1 atom stereocenters. The van der Waals surface area contributed by atoms with E-state index >= 15 is 0 Å². The lowest BCUT2D eigenvalue weighted by Crippen LogP contribution is -2.40. The van der Waals surface area contributed by atoms with Crippen molar-refractivity contribution in [3.8, 4) is 0 Å². The van der Waals surface area contributed by atoms with E-state index in [0.717, 1.165) is 32.1 Å². The molecule has 1 fully saturated rings. The Morgan fingerprint density at radius 2 is 2.00 bits per heavy atom. The summed E-state index contributed by atoms with van der Waals surface area (Å²) in [4.78, 5) is 11.5. The third-order valence-corrected chi connectivity index (χ3v) is 2.96. The van der Waals surface area contributed by atoms with Crippen molar-refractivity contribution in [1.29, 1.82) is 0 Å². The zero-order chi connectivity index (χ0) is 11.3. The molecule has 1 unspecified atom stereocenters. The van der Waals surface area contributed by atoms with E-state index in [0.29, 0.717) is 18.5 Å². The van der Waals surface area contributed by atoms with E-state index in [1.54, 1.807) is 0 Å². The molecule has 5 N–H and O–H groups in total. The van der Waals surface area contributed by atoms with Crippen LogP contribution in [0.5, 0.6) is 0 Å². The van der Waals surface area contributed by atoms with Crippen LogP contribution in [0.3, 0.4) is 0 Å². The maximum absolute atomic E-state index is 11.5. The summed E-state index contributed by atoms with van der Waals surface area (Å²) in [6.07, 6.45) is 5.39. The van der Waals surface area contributed by atoms with Crippen LogP contribution in [-0.2, 0) is 4.79 Å². The summed E-state index contributed by atoms with van der Waals surface area (Å²) in [5.74, 6) is 0.132. The van der Waals surface area contributed by atoms with Gasteiger partial charge in [-0.1, -0.05) is 0 Å². The standard InChI is InChI=1S/C11H23N3O/c1-8(12)2-7-11(15)14-10-5-3-9(13)4-6-10/h8-10H,2-7,12-13H2,1H3,(H,14,15). The van der Waals surface area contributed by atoms with Gasteiger partial charge < -0.3 is 16.8 Å². The first kappa shape index (κ1) is 12.5. The zero-order valence-corrected chi connectivity index (χ0v) is 9.54. The highest BCUT2D eigenvalue weighted by atomic mass is 16.1. The molecule has 88 valence electrons. The van der Waals surface area contributed by atoms with E-state index in [4.69, 9.17) is 11.5 Å². The van der Waals surface area contributed by atoms with Gasteiger partial charge in [0.1, 0.15) is 0 Å². The third-order valence-electron chi connectivity index (χ3n) is 2.96. The summed E-state index contributed by atoms with van der Waals surface area (Å²) in [6, 6.07) is 0.781. The fourth-order valence-corrected chi connectivity index (χ4v) is 1.92. The van der Waals surface area contributed by atoms with Crippen molar-refractivity contribution >= 4 is 5.91 Å². The van der Waals surface area contributed by atoms with E-state index in [9.17, 15) is 4.79 Å². The van der Waals surface area contributed by atoms with Crippen molar-refractivity contribution in [2.24, 2.45) is 11.5 Å². The van der Waals surface area contributed by atoms with Gasteiger partial charge in [0.2, 0.25) is 5.91 Å². The highest BCUT2D eigenvalue weighted by molar-refractivity contribution is 5.76. The lowest BCUT2D eigenvalue weighted by atomic mass is 9.92. The normalized spacial score (nSPS) is 28.5. The highest BCUT2D eigenvalue weighted by Crippen LogP contribution is 2.16. The van der Waals surface area contributed by atoms with Crippen LogP contribution in [0.1, 0.15) is 45.4 Å². The van der Waals surface area contributed by atoms with Crippen molar-refractivity contribution < 1.29 is 4.79 Å². The molecule has 0 bridgehead atoms. The van der Waals surface area contributed by atoms with Crippen LogP contribution in [0.2, 0.25) is 0 Å². The molecule has 4 nitrogen and oxygen atoms in total. The van der Waals surface area contributed by atoms with Crippen LogP contribution in [0.25, 0.3) is 0 Å². The summed E-state index contributed by atoms with van der Waals surface area (Å²) >= 11 is 0. The minimum absolute atomic E-state index is 0.107. The van der Waals surface area contributed by atoms with E-state index in [1.165, 1.54) is 0 Å². The monoisotopic (exact) mass is 213 g/mol. The molecular weight excluding hydrogens is 190 g/mol. The molecule has 1 amide bonds. The summed E-state index contributed by atoms with van der Waals surface area (Å²) in [6.45, 7) is 1.92. The summed E-state index contributed by atoms with van der Waals surface area (Å²) in [7, 11) is 0. The zero-order valence-electron chi connectivity index (χ0n) is 9.54. The molecule has 1 rings (SSSR count). The van der Waals surface area contributed by atoms with Gasteiger partial charge in [-0.25, -0.2) is 0 Å². The Balaban J connectivity index is 2.15. The van der Waals surface area contributed by atoms with Crippen molar-refractivity contribution in [1.82, 2.24) is 5.32 Å². The molecule has 1 saturated carbocycles. The number of carbonyl (C=O) groups excluding carboxylic acids is 1. The van der Waals surface area contributed by atoms with Gasteiger partial charge in [-0.2, -0.15) is 0 Å². The average Bonchev–Trinajstić information content (AvgIpc) is 2.19. The van der Waals surface area contributed by atoms with Crippen LogP contribution in [0.15, 0.2) is 0 Å². The van der Waals surface area contributed by atoms with Gasteiger partial charge in [-0.05, 0) is 39.0 Å². The molecule has 0 radical (unpaired) electrons. The summed E-state index contributed by atoms with van der Waals surface area (Å²) < 4.78 is 0. The Morgan fingerprint density at radius 1 is 1.40 bits per heavy atom. The van der Waals surface area contributed by atoms with Crippen molar-refractivity contribution in [3.05, 3.63) is 0 Å². The molecule has 0 aromatic rings. The lowest BCUT2D eigenvalue weighted by molar-refractivity contribution is -0.122. The molecular formula is C11H23N3O. The maximum atomic E-state index is 11.5. The molecule has 1 aliphatic carbocycles. The number of rotatable bonds is 4. The van der Waals surface area contributed by atoms with Crippen LogP contribution in [-0.4, -0.2) is 24.0 Å². The van der Waals surface area contributed by atoms with Crippen LogP contribution in [0, 0.1) is 0 Å². The molecule has 0 spiro atoms. The summed E-state index contributed by atoms with van der Waals surface area (Å²) in [5, 5.41) is 3.04. The highest BCUT2D eigenvalue weighted by Gasteiger charge is 2.19. The number of hydrogen-bond acceptors (Lipinski definition) is 3. The van der Waals surface area contributed by atoms with Gasteiger partial charge in [0.05, 0.1) is 0 Å². The molecule has 0 saturated heterocycles. The second-order valence-electron chi connectivity index (χ2n) is 4.70. The first-order chi connectivity index (χ1) is 7.08. The maximum Gasteiger partial charge on any atom is 0.220 e. The second-order valence-corrected chi connectivity index (χ2v) is 4.70. The number of hydrogen-bond donors (Lipinski definition) is 3. The third kappa shape index (κ3) is 5.14. The molecule has 0 aromatic carbocycles. The van der Waals surface area contributed by atoms with Crippen molar-refractivity contribution in [3.63, 3.8) is 0 Å². The molecule has 0 aromatic heterocycles. The van der Waals surface area contributed by atoms with Gasteiger partial charge in [0, 0.05) is 24.5 Å². The minimum Gasteiger partial charge on any atom is -0.353 e. The molecule has 0 aliphatic heterocycles. The van der Waals surface area contributed by atoms with Crippen LogP contribution < -0.4 is 16.8 Å². The topological polar surface area (TPSA) is 81.1 Å². The number of carbonyl (C=O) groups is 1. The predicted molar refractivity (Wildman–Crippen MR) is 61.3 cm³/mol. The van der Waals surface area contributed by atoms with Gasteiger partial charge in [-0.3, -0.25) is 4.79 Å². The van der Waals surface area contributed by atoms with Crippen LogP contribution >= 0.6 is 0 Å². The Kier molecular flexibility index (Phi) is 5.05. The lowest BCUT2D eigenvalue weighted by Gasteiger charge is -2.26. The molecule has 4 heteroatoms. The van der Waals surface area contributed by atoms with Gasteiger partial charge in [0.15, 0.2) is 0 Å². The van der Waals surface area contributed by atoms with Crippen LogP contribution in [0.4, 0.5) is 0 Å². The summed E-state index contributed by atoms with van der Waals surface area (Å²) in [5.41, 5.74) is 11.4. The Labute approximate surface area is 91.8 Å². The quantitative estimate of drug-likeness (QED) is 0.636. The molecule has 15 heavy (non-hydrogen) atoms. The van der Waals surface area contributed by atoms with Gasteiger partial charge in [0.25, 0.3) is 0 Å². The minimum atomic E-state index is 0.107. The average molecular weight is 213 g/mol. The number of amides is 1. The molecule has 1 aliphatic rings. The Morgan fingerprint density at radius 3 is 2.53 bits per heavy atom. The van der Waals surface area contributed by atoms with E-state index in [2.05, 4.69) is 5.32 Å². The molecule has 0 heterocycles. The fraction of sp³-hybridized carbons (Fsp3) is 0.909. The largest absolute Gasteiger partial charge is 0.353 e. The first-order valence-electron chi connectivity index (χ1n) is 5.88. The first-order valence-corrected chi connectivity index (χ1v) is 5.88. The van der Waals surface area contributed by atoms with E-state index in [-0.39, 0.29) is 11.9 Å².